The third kappa shape index (κ3) is 6.22. The van der Waals surface area contributed by atoms with Gasteiger partial charge in [0, 0.05) is 31.3 Å². The van der Waals surface area contributed by atoms with Crippen LogP contribution in [0.25, 0.3) is 22.4 Å². The first kappa shape index (κ1) is 28.4. The van der Waals surface area contributed by atoms with Crippen molar-refractivity contribution in [3.63, 3.8) is 0 Å². The number of rotatable bonds is 9. The molecule has 0 saturated heterocycles. The summed E-state index contributed by atoms with van der Waals surface area (Å²) >= 11 is 0. The number of terminal acetylenes is 1. The van der Waals surface area contributed by atoms with Crippen LogP contribution in [-0.2, 0) is 6.54 Å². The Bertz CT molecular complexity index is 1390. The van der Waals surface area contributed by atoms with E-state index in [1.165, 1.54) is 12.1 Å². The summed E-state index contributed by atoms with van der Waals surface area (Å²) in [6, 6.07) is 25.4. The van der Waals surface area contributed by atoms with E-state index in [0.717, 1.165) is 28.1 Å². The van der Waals surface area contributed by atoms with Gasteiger partial charge < -0.3 is 15.0 Å². The van der Waals surface area contributed by atoms with Crippen molar-refractivity contribution in [3.8, 4) is 34.7 Å². The molecule has 1 heterocycles. The van der Waals surface area contributed by atoms with Crippen LogP contribution in [0.3, 0.4) is 0 Å². The summed E-state index contributed by atoms with van der Waals surface area (Å²) in [5.41, 5.74) is 5.35. The number of carbonyl (C=O) groups excluding carboxylic acids is 1. The van der Waals surface area contributed by atoms with E-state index in [4.69, 9.17) is 6.42 Å². The maximum Gasteiger partial charge on any atom is 0.258 e. The van der Waals surface area contributed by atoms with E-state index in [1.54, 1.807) is 12.1 Å². The number of nitrogens with zero attached hydrogens (tertiary/aromatic N) is 1. The highest BCUT2D eigenvalue weighted by Gasteiger charge is 2.30. The van der Waals surface area contributed by atoms with Gasteiger partial charge in [-0.05, 0) is 59.9 Å². The van der Waals surface area contributed by atoms with E-state index in [1.807, 2.05) is 74.5 Å². The van der Waals surface area contributed by atoms with Crippen LogP contribution in [0.4, 0.5) is 10.1 Å². The van der Waals surface area contributed by atoms with Crippen LogP contribution in [0.1, 0.15) is 57.5 Å². The molecule has 1 unspecified atom stereocenters. The standard InChI is InChI=1S/C32H31FN2O2.CH4.H2/c1-4-11-27(36)20-21-35-30(22(2)3)29(32(37)34-26-14-9-6-10-15-26)28(23-12-7-5-8-13-23)31(35)24-16-18-25(33)19-17-24;;/h1,5-10,12-19,22,27,36H,11,20-21H2,2-3H3,(H,34,37);1H4;1H. The number of para-hydroxylation sites is 1. The SMILES string of the molecule is C.C#CCC(O)CCn1c(-c2ccc(F)cc2)c(-c2ccccc2)c(C(=O)Nc2ccccc2)c1C(C)C.[HH]. The minimum absolute atomic E-state index is 0. The van der Waals surface area contributed by atoms with Crippen LogP contribution in [0.15, 0.2) is 84.9 Å². The van der Waals surface area contributed by atoms with Gasteiger partial charge in [-0.3, -0.25) is 4.79 Å². The topological polar surface area (TPSA) is 54.3 Å². The fourth-order valence-corrected chi connectivity index (χ4v) is 4.72. The van der Waals surface area contributed by atoms with Crippen LogP contribution in [0, 0.1) is 18.2 Å². The molecule has 2 N–H and O–H groups in total. The second kappa shape index (κ2) is 12.9. The van der Waals surface area contributed by atoms with E-state index in [2.05, 4.69) is 15.8 Å². The molecule has 0 spiro atoms. The second-order valence-corrected chi connectivity index (χ2v) is 9.33. The Labute approximate surface area is 226 Å². The highest BCUT2D eigenvalue weighted by molar-refractivity contribution is 6.12. The Morgan fingerprint density at radius 3 is 2.18 bits per heavy atom. The molecule has 3 aromatic carbocycles. The largest absolute Gasteiger partial charge is 0.392 e. The third-order valence-corrected chi connectivity index (χ3v) is 6.33. The monoisotopic (exact) mass is 512 g/mol. The number of amides is 1. The first-order valence-electron chi connectivity index (χ1n) is 12.5. The maximum absolute atomic E-state index is 14.0. The molecule has 1 aromatic heterocycles. The smallest absolute Gasteiger partial charge is 0.258 e. The zero-order valence-corrected chi connectivity index (χ0v) is 21.1. The number of aliphatic hydroxyl groups excluding tert-OH is 1. The summed E-state index contributed by atoms with van der Waals surface area (Å²) in [5, 5.41) is 13.5. The minimum atomic E-state index is -0.671. The molecule has 4 rings (SSSR count). The molecule has 4 aromatic rings. The summed E-state index contributed by atoms with van der Waals surface area (Å²) < 4.78 is 16.0. The lowest BCUT2D eigenvalue weighted by Gasteiger charge is -2.18. The van der Waals surface area contributed by atoms with Gasteiger partial charge in [0.25, 0.3) is 5.91 Å². The molecule has 0 bridgehead atoms. The van der Waals surface area contributed by atoms with E-state index < -0.39 is 6.10 Å². The first-order valence-corrected chi connectivity index (χ1v) is 12.5. The molecule has 1 atom stereocenters. The number of nitrogens with one attached hydrogen (secondary N) is 1. The van der Waals surface area contributed by atoms with Gasteiger partial charge in [0.2, 0.25) is 0 Å². The summed E-state index contributed by atoms with van der Waals surface area (Å²) in [4.78, 5) is 14.0. The molecule has 4 nitrogen and oxygen atoms in total. The predicted octanol–water partition coefficient (Wildman–Crippen LogP) is 7.99. The van der Waals surface area contributed by atoms with E-state index >= 15 is 0 Å². The fraction of sp³-hybridized carbons (Fsp3) is 0.242. The van der Waals surface area contributed by atoms with Crippen molar-refractivity contribution in [2.75, 3.05) is 5.32 Å². The predicted molar refractivity (Wildman–Crippen MR) is 157 cm³/mol. The molecule has 0 fully saturated rings. The number of aliphatic hydroxyl groups is 1. The quantitative estimate of drug-likeness (QED) is 0.223. The molecule has 198 valence electrons. The fourth-order valence-electron chi connectivity index (χ4n) is 4.72. The van der Waals surface area contributed by atoms with Crippen LogP contribution in [0.5, 0.6) is 0 Å². The molecule has 0 aliphatic heterocycles. The van der Waals surface area contributed by atoms with Crippen LogP contribution in [-0.4, -0.2) is 21.7 Å². The van der Waals surface area contributed by atoms with E-state index in [9.17, 15) is 14.3 Å². The van der Waals surface area contributed by atoms with Gasteiger partial charge >= 0.3 is 0 Å². The van der Waals surface area contributed by atoms with Crippen molar-refractivity contribution in [2.24, 2.45) is 0 Å². The normalized spacial score (nSPS) is 11.5. The minimum Gasteiger partial charge on any atom is -0.392 e. The molecule has 1 amide bonds. The van der Waals surface area contributed by atoms with Gasteiger partial charge in [-0.15, -0.1) is 12.3 Å². The highest BCUT2D eigenvalue weighted by atomic mass is 19.1. The second-order valence-electron chi connectivity index (χ2n) is 9.33. The average Bonchev–Trinajstić information content (AvgIpc) is 3.25. The van der Waals surface area contributed by atoms with Gasteiger partial charge in [0.1, 0.15) is 5.82 Å². The number of hydrogen-bond donors (Lipinski definition) is 2. The number of aromatic nitrogens is 1. The number of benzene rings is 3. The van der Waals surface area contributed by atoms with Crippen molar-refractivity contribution in [2.45, 2.75) is 52.7 Å². The highest BCUT2D eigenvalue weighted by Crippen LogP contribution is 2.42. The van der Waals surface area contributed by atoms with Crippen molar-refractivity contribution < 1.29 is 15.7 Å². The van der Waals surface area contributed by atoms with Crippen molar-refractivity contribution in [1.82, 2.24) is 4.57 Å². The molecule has 0 radical (unpaired) electrons. The number of anilines is 1. The van der Waals surface area contributed by atoms with Gasteiger partial charge in [-0.25, -0.2) is 4.39 Å². The van der Waals surface area contributed by atoms with Crippen LogP contribution >= 0.6 is 0 Å². The van der Waals surface area contributed by atoms with E-state index in [0.29, 0.717) is 24.2 Å². The molecular formula is C33H37FN2O2. The first-order chi connectivity index (χ1) is 17.9. The number of carbonyl (C=O) groups is 1. The molecule has 0 aliphatic rings. The number of hydrogen-bond acceptors (Lipinski definition) is 2. The summed E-state index contributed by atoms with van der Waals surface area (Å²) in [6.07, 6.45) is 5.42. The Hall–Kier alpha value is -4.14. The summed E-state index contributed by atoms with van der Waals surface area (Å²) in [7, 11) is 0. The van der Waals surface area contributed by atoms with Gasteiger partial charge in [0.05, 0.1) is 17.4 Å². The summed E-state index contributed by atoms with van der Waals surface area (Å²) in [5.74, 6) is 1.94. The Kier molecular flexibility index (Phi) is 9.65. The maximum atomic E-state index is 14.0. The van der Waals surface area contributed by atoms with Crippen LogP contribution < -0.4 is 5.32 Å². The lowest BCUT2D eigenvalue weighted by atomic mass is 9.94. The molecule has 5 heteroatoms. The Balaban J connectivity index is 0.00000267. The zero-order chi connectivity index (χ0) is 26.4. The molecular weight excluding hydrogens is 475 g/mol. The van der Waals surface area contributed by atoms with Crippen molar-refractivity contribution >= 4 is 11.6 Å². The zero-order valence-electron chi connectivity index (χ0n) is 21.1. The van der Waals surface area contributed by atoms with Gasteiger partial charge in [-0.1, -0.05) is 69.8 Å². The van der Waals surface area contributed by atoms with Gasteiger partial charge in [-0.2, -0.15) is 0 Å². The van der Waals surface area contributed by atoms with Crippen LogP contribution in [0.2, 0.25) is 0 Å². The van der Waals surface area contributed by atoms with Crippen molar-refractivity contribution in [1.29, 1.82) is 0 Å². The van der Waals surface area contributed by atoms with Crippen molar-refractivity contribution in [3.05, 3.63) is 102 Å². The molecule has 38 heavy (non-hydrogen) atoms. The Morgan fingerprint density at radius 1 is 1.00 bits per heavy atom. The lowest BCUT2D eigenvalue weighted by molar-refractivity contribution is 0.102. The molecule has 0 saturated carbocycles. The Morgan fingerprint density at radius 2 is 1.61 bits per heavy atom. The summed E-state index contributed by atoms with van der Waals surface area (Å²) in [6.45, 7) is 4.54. The van der Waals surface area contributed by atoms with Gasteiger partial charge in [0.15, 0.2) is 0 Å². The number of halogens is 1. The van der Waals surface area contributed by atoms with E-state index in [-0.39, 0.29) is 32.9 Å². The molecule has 0 aliphatic carbocycles. The average molecular weight is 513 g/mol. The third-order valence-electron chi connectivity index (χ3n) is 6.33. The lowest BCUT2D eigenvalue weighted by Crippen LogP contribution is -2.17.